The van der Waals surface area contributed by atoms with Gasteiger partial charge in [0.1, 0.15) is 0 Å². The molecule has 1 heterocycles. The lowest BCUT2D eigenvalue weighted by molar-refractivity contribution is -0.265. The minimum Gasteiger partial charge on any atom is -0.356 e. The second kappa shape index (κ2) is 11.0. The van der Waals surface area contributed by atoms with Crippen LogP contribution in [0.2, 0.25) is 0 Å². The molecule has 1 unspecified atom stereocenters. The SMILES string of the molecule is C=CC[C@H]1C[C@@H](NCc2cc(C(F)(F)F)cc(C(F)(F)F)c2)C[C@@H](CC)N1C(O)OC(C)(C)C. The number of piperidine rings is 1. The van der Waals surface area contributed by atoms with Crippen molar-refractivity contribution >= 4 is 0 Å². The van der Waals surface area contributed by atoms with E-state index < -0.39 is 35.5 Å². The zero-order valence-electron chi connectivity index (χ0n) is 19.9. The van der Waals surface area contributed by atoms with Crippen LogP contribution in [0.3, 0.4) is 0 Å². The van der Waals surface area contributed by atoms with Gasteiger partial charge in [-0.1, -0.05) is 13.0 Å². The Balaban J connectivity index is 2.21. The highest BCUT2D eigenvalue weighted by atomic mass is 19.4. The van der Waals surface area contributed by atoms with Crippen molar-refractivity contribution in [3.63, 3.8) is 0 Å². The molecule has 4 nitrogen and oxygen atoms in total. The highest BCUT2D eigenvalue weighted by Gasteiger charge is 2.40. The third-order valence-electron chi connectivity index (χ3n) is 5.82. The first-order valence-corrected chi connectivity index (χ1v) is 11.3. The van der Waals surface area contributed by atoms with Crippen LogP contribution in [0.4, 0.5) is 26.3 Å². The molecule has 2 rings (SSSR count). The van der Waals surface area contributed by atoms with Crippen molar-refractivity contribution in [3.8, 4) is 0 Å². The molecule has 0 spiro atoms. The lowest BCUT2D eigenvalue weighted by atomic mass is 9.88. The van der Waals surface area contributed by atoms with Crippen LogP contribution in [-0.2, 0) is 23.6 Å². The Morgan fingerprint density at radius 3 is 2.03 bits per heavy atom. The maximum atomic E-state index is 13.2. The first-order valence-electron chi connectivity index (χ1n) is 11.3. The van der Waals surface area contributed by atoms with E-state index in [4.69, 9.17) is 4.74 Å². The number of benzene rings is 1. The van der Waals surface area contributed by atoms with Crippen molar-refractivity contribution < 1.29 is 36.2 Å². The molecule has 0 saturated carbocycles. The summed E-state index contributed by atoms with van der Waals surface area (Å²) >= 11 is 0. The Kier molecular flexibility index (Phi) is 9.23. The Bertz CT molecular complexity index is 787. The first-order chi connectivity index (χ1) is 15.5. The van der Waals surface area contributed by atoms with Gasteiger partial charge in [-0.15, -0.1) is 6.58 Å². The molecule has 1 fully saturated rings. The average molecular weight is 497 g/mol. The van der Waals surface area contributed by atoms with Crippen molar-refractivity contribution in [1.82, 2.24) is 10.2 Å². The van der Waals surface area contributed by atoms with Crippen LogP contribution in [0.15, 0.2) is 30.9 Å². The largest absolute Gasteiger partial charge is 0.416 e. The van der Waals surface area contributed by atoms with E-state index >= 15 is 0 Å². The first kappa shape index (κ1) is 28.6. The summed E-state index contributed by atoms with van der Waals surface area (Å²) in [7, 11) is 0. The molecule has 0 amide bonds. The zero-order chi connectivity index (χ0) is 25.9. The van der Waals surface area contributed by atoms with E-state index in [1.165, 1.54) is 0 Å². The number of halogens is 6. The molecule has 0 radical (unpaired) electrons. The third kappa shape index (κ3) is 7.96. The van der Waals surface area contributed by atoms with Crippen molar-refractivity contribution in [3.05, 3.63) is 47.5 Å². The fraction of sp³-hybridized carbons (Fsp3) is 0.667. The van der Waals surface area contributed by atoms with E-state index in [1.54, 1.807) is 6.08 Å². The standard InChI is InChI=1S/C24H34F6N2O2/c1-6-8-20-13-18(12-19(7-2)32(20)21(33)34-22(3,4)5)31-14-15-9-16(23(25,26)27)11-17(10-15)24(28,29)30/h6,9-11,18-21,31,33H,1,7-8,12-14H2,2-5H3/t18-,19+,20-,21?/m0/s1. The topological polar surface area (TPSA) is 44.7 Å². The number of nitrogens with one attached hydrogen (secondary N) is 1. The Morgan fingerprint density at radius 2 is 1.59 bits per heavy atom. The maximum Gasteiger partial charge on any atom is 0.416 e. The molecule has 194 valence electrons. The molecular weight excluding hydrogens is 462 g/mol. The van der Waals surface area contributed by atoms with Crippen molar-refractivity contribution in [1.29, 1.82) is 0 Å². The summed E-state index contributed by atoms with van der Waals surface area (Å²) in [6.07, 6.45) is -6.88. The minimum absolute atomic E-state index is 0.0889. The average Bonchev–Trinajstić information content (AvgIpc) is 2.69. The van der Waals surface area contributed by atoms with E-state index in [-0.39, 0.29) is 36.3 Å². The number of rotatable bonds is 8. The van der Waals surface area contributed by atoms with Gasteiger partial charge in [-0.3, -0.25) is 0 Å². The van der Waals surface area contributed by atoms with Gasteiger partial charge in [0.05, 0.1) is 16.7 Å². The predicted octanol–water partition coefficient (Wildman–Crippen LogP) is 6.09. The quantitative estimate of drug-likeness (QED) is 0.260. The van der Waals surface area contributed by atoms with Crippen LogP contribution in [0, 0.1) is 0 Å². The number of hydrogen-bond donors (Lipinski definition) is 2. The summed E-state index contributed by atoms with van der Waals surface area (Å²) in [4.78, 5) is 1.89. The summed E-state index contributed by atoms with van der Waals surface area (Å²) in [5.41, 5.74) is -3.32. The normalized spacial score (nSPS) is 23.7. The highest BCUT2D eigenvalue weighted by molar-refractivity contribution is 5.33. The predicted molar refractivity (Wildman–Crippen MR) is 118 cm³/mol. The van der Waals surface area contributed by atoms with Crippen LogP contribution in [0.5, 0.6) is 0 Å². The summed E-state index contributed by atoms with van der Waals surface area (Å²) in [5, 5.41) is 13.9. The molecule has 0 aliphatic carbocycles. The number of ether oxygens (including phenoxy) is 1. The number of likely N-dealkylation sites (tertiary alicyclic amines) is 1. The smallest absolute Gasteiger partial charge is 0.356 e. The second-order valence-electron chi connectivity index (χ2n) is 9.71. The van der Waals surface area contributed by atoms with E-state index in [0.29, 0.717) is 25.7 Å². The van der Waals surface area contributed by atoms with Gasteiger partial charge in [0.2, 0.25) is 6.41 Å². The summed E-state index contributed by atoms with van der Waals surface area (Å²) in [5.74, 6) is 0. The van der Waals surface area contributed by atoms with Gasteiger partial charge >= 0.3 is 12.4 Å². The van der Waals surface area contributed by atoms with E-state index in [9.17, 15) is 31.4 Å². The van der Waals surface area contributed by atoms with E-state index in [0.717, 1.165) is 12.1 Å². The lowest BCUT2D eigenvalue weighted by Gasteiger charge is -2.48. The molecule has 0 bridgehead atoms. The van der Waals surface area contributed by atoms with Gasteiger partial charge in [0, 0.05) is 24.7 Å². The van der Waals surface area contributed by atoms with Gasteiger partial charge in [0.25, 0.3) is 0 Å². The number of alkyl halides is 6. The molecule has 4 atom stereocenters. The fourth-order valence-electron chi connectivity index (χ4n) is 4.37. The van der Waals surface area contributed by atoms with E-state index in [2.05, 4.69) is 11.9 Å². The Morgan fingerprint density at radius 1 is 1.06 bits per heavy atom. The molecule has 2 N–H and O–H groups in total. The van der Waals surface area contributed by atoms with Gasteiger partial charge in [-0.2, -0.15) is 26.3 Å². The number of nitrogens with zero attached hydrogens (tertiary/aromatic N) is 1. The molecule has 1 aliphatic heterocycles. The van der Waals surface area contributed by atoms with E-state index in [1.807, 2.05) is 32.6 Å². The van der Waals surface area contributed by atoms with Gasteiger partial charge < -0.3 is 15.2 Å². The van der Waals surface area contributed by atoms with Crippen LogP contribution >= 0.6 is 0 Å². The Hall–Kier alpha value is -1.62. The summed E-state index contributed by atoms with van der Waals surface area (Å²) in [6.45, 7) is 11.1. The lowest BCUT2D eigenvalue weighted by Crippen LogP contribution is -2.58. The van der Waals surface area contributed by atoms with Crippen molar-refractivity contribution in [2.75, 3.05) is 0 Å². The second-order valence-corrected chi connectivity index (χ2v) is 9.71. The maximum absolute atomic E-state index is 13.2. The number of aliphatic hydroxyl groups is 1. The summed E-state index contributed by atoms with van der Waals surface area (Å²) < 4.78 is 84.7. The molecule has 1 aromatic rings. The molecular formula is C24H34F6N2O2. The molecule has 1 aromatic carbocycles. The van der Waals surface area contributed by atoms with Crippen LogP contribution in [-0.4, -0.2) is 40.1 Å². The Labute approximate surface area is 197 Å². The van der Waals surface area contributed by atoms with Crippen molar-refractivity contribution in [2.24, 2.45) is 0 Å². The zero-order valence-corrected chi connectivity index (χ0v) is 19.9. The third-order valence-corrected chi connectivity index (χ3v) is 5.82. The summed E-state index contributed by atoms with van der Waals surface area (Å²) in [6, 6.07) is 1.20. The molecule has 34 heavy (non-hydrogen) atoms. The number of hydrogen-bond acceptors (Lipinski definition) is 4. The molecule has 1 saturated heterocycles. The van der Waals surface area contributed by atoms with Gasteiger partial charge in [-0.05, 0) is 70.2 Å². The van der Waals surface area contributed by atoms with Crippen LogP contribution in [0.1, 0.15) is 70.1 Å². The van der Waals surface area contributed by atoms with Crippen LogP contribution in [0.25, 0.3) is 0 Å². The minimum atomic E-state index is -4.88. The van der Waals surface area contributed by atoms with Gasteiger partial charge in [-0.25, -0.2) is 4.90 Å². The van der Waals surface area contributed by atoms with Crippen LogP contribution < -0.4 is 5.32 Å². The van der Waals surface area contributed by atoms with Crippen molar-refractivity contribution in [2.45, 2.75) is 102 Å². The molecule has 0 aromatic heterocycles. The monoisotopic (exact) mass is 496 g/mol. The number of aliphatic hydroxyl groups excluding tert-OH is 1. The molecule has 1 aliphatic rings. The fourth-order valence-corrected chi connectivity index (χ4v) is 4.37. The highest BCUT2D eigenvalue weighted by Crippen LogP contribution is 2.37. The van der Waals surface area contributed by atoms with Gasteiger partial charge in [0.15, 0.2) is 0 Å². The molecule has 10 heteroatoms.